The molecule has 2 atom stereocenters. The van der Waals surface area contributed by atoms with Crippen LogP contribution >= 0.6 is 11.6 Å². The van der Waals surface area contributed by atoms with Crippen LogP contribution in [0.15, 0.2) is 24.5 Å². The number of aromatic amines is 1. The maximum Gasteiger partial charge on any atom is 0.127 e. The van der Waals surface area contributed by atoms with Crippen LogP contribution in [0.5, 0.6) is 5.75 Å². The lowest BCUT2D eigenvalue weighted by Crippen LogP contribution is -2.54. The monoisotopic (exact) mass is 415 g/mol. The maximum atomic E-state index is 6.58. The first-order chi connectivity index (χ1) is 13.9. The minimum absolute atomic E-state index is 0.0994. The van der Waals surface area contributed by atoms with Crippen LogP contribution in [0, 0.1) is 18.3 Å². The Morgan fingerprint density at radius 1 is 1.28 bits per heavy atom. The van der Waals surface area contributed by atoms with E-state index in [9.17, 15) is 0 Å². The molecule has 1 aromatic carbocycles. The summed E-state index contributed by atoms with van der Waals surface area (Å²) in [4.78, 5) is 10.1. The first-order valence-corrected chi connectivity index (χ1v) is 11.0. The SMILES string of the molecule is Cc1nc[nH]c1CN1CCC2(CC1)CO[C@H]1c3ccc(Cl)cc3OC(C)(C)[C@@H]1C2. The summed E-state index contributed by atoms with van der Waals surface area (Å²) in [5.41, 5.74) is 3.48. The Labute approximate surface area is 177 Å². The number of benzene rings is 1. The lowest BCUT2D eigenvalue weighted by Gasteiger charge is -2.54. The molecule has 2 saturated heterocycles. The van der Waals surface area contributed by atoms with Crippen molar-refractivity contribution < 1.29 is 9.47 Å². The van der Waals surface area contributed by atoms with Crippen molar-refractivity contribution in [3.8, 4) is 5.75 Å². The van der Waals surface area contributed by atoms with E-state index >= 15 is 0 Å². The predicted molar refractivity (Wildman–Crippen MR) is 113 cm³/mol. The molecule has 1 N–H and O–H groups in total. The van der Waals surface area contributed by atoms with Gasteiger partial charge in [-0.05, 0) is 70.7 Å². The number of hydrogen-bond acceptors (Lipinski definition) is 4. The molecule has 0 unspecified atom stereocenters. The number of nitrogens with one attached hydrogen (secondary N) is 1. The van der Waals surface area contributed by atoms with Crippen molar-refractivity contribution in [1.82, 2.24) is 14.9 Å². The second-order valence-electron chi connectivity index (χ2n) is 9.67. The standard InChI is InChI=1S/C23H30ClN3O2/c1-15-19(26-14-25-15)12-27-8-6-23(7-9-27)11-18-21(28-13-23)17-5-4-16(24)10-20(17)29-22(18,2)3/h4-5,10,14,18,21H,6-9,11-13H2,1-3H3,(H,25,26)/t18-,21+/m1/s1. The summed E-state index contributed by atoms with van der Waals surface area (Å²) in [5, 5.41) is 0.713. The molecular weight excluding hydrogens is 386 g/mol. The Bertz CT molecular complexity index is 901. The van der Waals surface area contributed by atoms with Crippen LogP contribution in [-0.2, 0) is 11.3 Å². The van der Waals surface area contributed by atoms with Crippen LogP contribution in [-0.4, -0.2) is 40.2 Å². The lowest BCUT2D eigenvalue weighted by molar-refractivity contribution is -0.174. The van der Waals surface area contributed by atoms with Crippen LogP contribution < -0.4 is 4.74 Å². The van der Waals surface area contributed by atoms with Crippen molar-refractivity contribution >= 4 is 11.6 Å². The first kappa shape index (κ1) is 19.4. The topological polar surface area (TPSA) is 50.4 Å². The maximum absolute atomic E-state index is 6.58. The van der Waals surface area contributed by atoms with Crippen LogP contribution in [0.4, 0.5) is 0 Å². The number of piperidine rings is 1. The van der Waals surface area contributed by atoms with Gasteiger partial charge in [-0.2, -0.15) is 0 Å². The van der Waals surface area contributed by atoms with Crippen molar-refractivity contribution in [3.05, 3.63) is 46.5 Å². The van der Waals surface area contributed by atoms with E-state index in [2.05, 4.69) is 41.7 Å². The second kappa shape index (κ2) is 7.00. The Morgan fingerprint density at radius 3 is 2.79 bits per heavy atom. The van der Waals surface area contributed by atoms with E-state index in [0.717, 1.165) is 49.7 Å². The van der Waals surface area contributed by atoms with Gasteiger partial charge in [0.05, 0.1) is 30.4 Å². The van der Waals surface area contributed by atoms with E-state index in [4.69, 9.17) is 21.1 Å². The van der Waals surface area contributed by atoms with Gasteiger partial charge < -0.3 is 14.5 Å². The number of nitrogens with zero attached hydrogens (tertiary/aromatic N) is 2. The van der Waals surface area contributed by atoms with E-state index in [1.165, 1.54) is 18.5 Å². The second-order valence-corrected chi connectivity index (χ2v) is 10.1. The zero-order valence-electron chi connectivity index (χ0n) is 17.5. The van der Waals surface area contributed by atoms with Crippen LogP contribution in [0.3, 0.4) is 0 Å². The van der Waals surface area contributed by atoms with Crippen LogP contribution in [0.1, 0.15) is 56.2 Å². The summed E-state index contributed by atoms with van der Waals surface area (Å²) < 4.78 is 13.0. The molecule has 2 aromatic rings. The number of aromatic nitrogens is 2. The Morgan fingerprint density at radius 2 is 2.07 bits per heavy atom. The van der Waals surface area contributed by atoms with Gasteiger partial charge in [-0.15, -0.1) is 0 Å². The van der Waals surface area contributed by atoms with Gasteiger partial charge in [-0.25, -0.2) is 4.98 Å². The molecule has 0 amide bonds. The third-order valence-electron chi connectivity index (χ3n) is 7.37. The van der Waals surface area contributed by atoms with E-state index in [0.29, 0.717) is 10.9 Å². The Hall–Kier alpha value is -1.56. The van der Waals surface area contributed by atoms with Gasteiger partial charge in [0.1, 0.15) is 11.4 Å². The van der Waals surface area contributed by atoms with Crippen LogP contribution in [0.2, 0.25) is 5.02 Å². The molecule has 1 spiro atoms. The highest BCUT2D eigenvalue weighted by Crippen LogP contribution is 2.55. The smallest absolute Gasteiger partial charge is 0.127 e. The predicted octanol–water partition coefficient (Wildman–Crippen LogP) is 4.90. The van der Waals surface area contributed by atoms with Gasteiger partial charge >= 0.3 is 0 Å². The molecule has 3 aliphatic heterocycles. The molecule has 5 nitrogen and oxygen atoms in total. The number of aryl methyl sites for hydroxylation is 1. The van der Waals surface area contributed by atoms with Gasteiger partial charge in [-0.1, -0.05) is 17.7 Å². The lowest BCUT2D eigenvalue weighted by atomic mass is 9.64. The number of likely N-dealkylation sites (tertiary alicyclic amines) is 1. The molecule has 5 rings (SSSR count). The number of halogens is 1. The fourth-order valence-electron chi connectivity index (χ4n) is 5.43. The van der Waals surface area contributed by atoms with Gasteiger partial charge in [0, 0.05) is 23.0 Å². The average Bonchev–Trinajstić information content (AvgIpc) is 3.08. The molecule has 2 fully saturated rings. The summed E-state index contributed by atoms with van der Waals surface area (Å²) >= 11 is 6.20. The van der Waals surface area contributed by atoms with Crippen molar-refractivity contribution in [2.75, 3.05) is 19.7 Å². The summed E-state index contributed by atoms with van der Waals surface area (Å²) in [5.74, 6) is 1.23. The molecule has 29 heavy (non-hydrogen) atoms. The third kappa shape index (κ3) is 3.47. The van der Waals surface area contributed by atoms with Gasteiger partial charge in [0.15, 0.2) is 0 Å². The molecule has 0 saturated carbocycles. The highest BCUT2D eigenvalue weighted by atomic mass is 35.5. The Balaban J connectivity index is 1.31. The fraction of sp³-hybridized carbons (Fsp3) is 0.609. The van der Waals surface area contributed by atoms with E-state index in [-0.39, 0.29) is 17.1 Å². The largest absolute Gasteiger partial charge is 0.487 e. The highest BCUT2D eigenvalue weighted by Gasteiger charge is 2.52. The molecular formula is C23H30ClN3O2. The number of hydrogen-bond donors (Lipinski definition) is 1. The molecule has 1 aromatic heterocycles. The average molecular weight is 416 g/mol. The van der Waals surface area contributed by atoms with E-state index < -0.39 is 0 Å². The number of fused-ring (bicyclic) bond motifs is 3. The number of rotatable bonds is 2. The molecule has 6 heteroatoms. The molecule has 156 valence electrons. The number of imidazole rings is 1. The van der Waals surface area contributed by atoms with E-state index in [1.807, 2.05) is 12.1 Å². The highest BCUT2D eigenvalue weighted by molar-refractivity contribution is 6.30. The molecule has 4 heterocycles. The van der Waals surface area contributed by atoms with Gasteiger partial charge in [-0.3, -0.25) is 4.90 Å². The Kier molecular flexibility index (Phi) is 4.68. The first-order valence-electron chi connectivity index (χ1n) is 10.7. The van der Waals surface area contributed by atoms with Crippen LogP contribution in [0.25, 0.3) is 0 Å². The normalized spacial score (nSPS) is 27.9. The quantitative estimate of drug-likeness (QED) is 0.757. The number of ether oxygens (including phenoxy) is 2. The zero-order chi connectivity index (χ0) is 20.2. The molecule has 0 aliphatic carbocycles. The van der Waals surface area contributed by atoms with Crippen molar-refractivity contribution in [3.63, 3.8) is 0 Å². The van der Waals surface area contributed by atoms with Gasteiger partial charge in [0.25, 0.3) is 0 Å². The molecule has 3 aliphatic rings. The summed E-state index contributed by atoms with van der Waals surface area (Å²) in [7, 11) is 0. The molecule has 0 radical (unpaired) electrons. The van der Waals surface area contributed by atoms with Crippen molar-refractivity contribution in [2.45, 2.75) is 58.3 Å². The van der Waals surface area contributed by atoms with Crippen molar-refractivity contribution in [1.29, 1.82) is 0 Å². The summed E-state index contributed by atoms with van der Waals surface area (Å²) in [6.07, 6.45) is 5.40. The number of H-pyrrole nitrogens is 1. The minimum Gasteiger partial charge on any atom is -0.487 e. The van der Waals surface area contributed by atoms with Gasteiger partial charge in [0.2, 0.25) is 0 Å². The minimum atomic E-state index is -0.264. The molecule has 0 bridgehead atoms. The van der Waals surface area contributed by atoms with E-state index in [1.54, 1.807) is 6.33 Å². The summed E-state index contributed by atoms with van der Waals surface area (Å²) in [6.45, 7) is 10.5. The summed E-state index contributed by atoms with van der Waals surface area (Å²) in [6, 6.07) is 5.96. The zero-order valence-corrected chi connectivity index (χ0v) is 18.3. The van der Waals surface area contributed by atoms with Crippen molar-refractivity contribution in [2.24, 2.45) is 11.3 Å². The fourth-order valence-corrected chi connectivity index (χ4v) is 5.59. The third-order valence-corrected chi connectivity index (χ3v) is 7.60.